The predicted molar refractivity (Wildman–Crippen MR) is 162 cm³/mol. The van der Waals surface area contributed by atoms with Crippen molar-refractivity contribution in [3.05, 3.63) is 69.9 Å². The molecule has 0 bridgehead atoms. The maximum Gasteiger partial charge on any atom is 0.141 e. The average molecular weight is 517 g/mol. The summed E-state index contributed by atoms with van der Waals surface area (Å²) in [4.78, 5) is 28.2. The lowest BCUT2D eigenvalue weighted by Crippen LogP contribution is -2.54. The Hall–Kier alpha value is -2.22. The quantitative estimate of drug-likeness (QED) is 0.271. The monoisotopic (exact) mass is 516 g/mol. The number of rotatable bonds is 10. The summed E-state index contributed by atoms with van der Waals surface area (Å²) in [6, 6.07) is 0. The van der Waals surface area contributed by atoms with E-state index in [4.69, 9.17) is 0 Å². The van der Waals surface area contributed by atoms with E-state index in [-0.39, 0.29) is 35.5 Å². The summed E-state index contributed by atoms with van der Waals surface area (Å²) in [5.74, 6) is 0.446. The molecule has 6 atom stereocenters. The second-order valence-corrected chi connectivity index (χ2v) is 12.9. The lowest BCUT2D eigenvalue weighted by Gasteiger charge is -2.48. The molecule has 0 aromatic heterocycles. The first-order valence-corrected chi connectivity index (χ1v) is 15.0. The third-order valence-corrected chi connectivity index (χ3v) is 9.30. The first-order valence-electron chi connectivity index (χ1n) is 15.0. The number of hydrogen-bond donors (Lipinski definition) is 0. The van der Waals surface area contributed by atoms with Gasteiger partial charge in [0.2, 0.25) is 0 Å². The molecule has 0 N–H and O–H groups in total. The Morgan fingerprint density at radius 2 is 1.05 bits per heavy atom. The largest absolute Gasteiger partial charge is 0.299 e. The number of carbonyl (C=O) groups is 2. The molecule has 0 spiro atoms. The van der Waals surface area contributed by atoms with E-state index in [1.54, 1.807) is 0 Å². The van der Waals surface area contributed by atoms with Gasteiger partial charge in [0.15, 0.2) is 0 Å². The standard InChI is InChI=1S/C36H52O2/c1-23(2)11-9-13-25(5)15-19-29-27(7)17-21-31-33(29)36(38)34-30(28(8)18-22-32(34)35(31)37)20-16-26(6)14-10-12-24(3)4/h11-12,15-18,29-34H,9-10,13-14,19-22H2,1-8H3/b25-15+,26-16+. The van der Waals surface area contributed by atoms with Crippen LogP contribution in [0.5, 0.6) is 0 Å². The van der Waals surface area contributed by atoms with Crippen LogP contribution in [-0.4, -0.2) is 11.6 Å². The zero-order chi connectivity index (χ0) is 28.0. The molecular weight excluding hydrogens is 464 g/mol. The molecule has 3 rings (SSSR count). The van der Waals surface area contributed by atoms with Crippen LogP contribution in [0.15, 0.2) is 69.9 Å². The molecule has 1 fully saturated rings. The minimum Gasteiger partial charge on any atom is -0.299 e. The zero-order valence-electron chi connectivity index (χ0n) is 25.4. The first-order chi connectivity index (χ1) is 18.0. The summed E-state index contributed by atoms with van der Waals surface area (Å²) in [5.41, 5.74) is 8.08. The van der Waals surface area contributed by atoms with Gasteiger partial charge < -0.3 is 0 Å². The number of hydrogen-bond acceptors (Lipinski definition) is 2. The SMILES string of the molecule is CC(C)=CCC/C(C)=C/CC1C(C)=CCC2C(=O)C3CC=C(C)C(C/C=C(\C)CCC=C(C)C)C3C(=O)C21. The fourth-order valence-electron chi connectivity index (χ4n) is 6.93. The Labute approximate surface area is 233 Å². The Morgan fingerprint density at radius 1 is 0.658 bits per heavy atom. The van der Waals surface area contributed by atoms with Gasteiger partial charge in [0.25, 0.3) is 0 Å². The van der Waals surface area contributed by atoms with Gasteiger partial charge >= 0.3 is 0 Å². The smallest absolute Gasteiger partial charge is 0.141 e. The van der Waals surface area contributed by atoms with Gasteiger partial charge in [0.05, 0.1) is 0 Å². The molecule has 0 aromatic carbocycles. The minimum atomic E-state index is -0.160. The van der Waals surface area contributed by atoms with Crippen molar-refractivity contribution in [2.24, 2.45) is 35.5 Å². The first kappa shape index (κ1) is 30.3. The van der Waals surface area contributed by atoms with Crippen molar-refractivity contribution in [1.29, 1.82) is 0 Å². The summed E-state index contributed by atoms with van der Waals surface area (Å²) in [5, 5.41) is 0. The van der Waals surface area contributed by atoms with Crippen LogP contribution in [0, 0.1) is 35.5 Å². The highest BCUT2D eigenvalue weighted by molar-refractivity contribution is 6.01. The van der Waals surface area contributed by atoms with E-state index in [2.05, 4.69) is 91.8 Å². The molecule has 0 aliphatic heterocycles. The van der Waals surface area contributed by atoms with Crippen LogP contribution in [0.2, 0.25) is 0 Å². The molecule has 6 unspecified atom stereocenters. The average Bonchev–Trinajstić information content (AvgIpc) is 2.85. The molecule has 1 saturated carbocycles. The number of ketones is 2. The van der Waals surface area contributed by atoms with Crippen molar-refractivity contribution in [2.45, 2.75) is 107 Å². The molecule has 0 aromatic rings. The molecule has 2 nitrogen and oxygen atoms in total. The molecule has 3 aliphatic carbocycles. The van der Waals surface area contributed by atoms with Crippen LogP contribution in [0.3, 0.4) is 0 Å². The van der Waals surface area contributed by atoms with Gasteiger partial charge in [-0.3, -0.25) is 9.59 Å². The molecule has 38 heavy (non-hydrogen) atoms. The highest BCUT2D eigenvalue weighted by Gasteiger charge is 2.55. The highest BCUT2D eigenvalue weighted by Crippen LogP contribution is 2.51. The second kappa shape index (κ2) is 13.7. The van der Waals surface area contributed by atoms with Gasteiger partial charge in [0, 0.05) is 23.7 Å². The van der Waals surface area contributed by atoms with Gasteiger partial charge in [0.1, 0.15) is 11.6 Å². The van der Waals surface area contributed by atoms with E-state index in [1.165, 1.54) is 33.4 Å². The molecular formula is C36H52O2. The summed E-state index contributed by atoms with van der Waals surface area (Å²) >= 11 is 0. The van der Waals surface area contributed by atoms with Crippen LogP contribution in [0.25, 0.3) is 0 Å². The summed E-state index contributed by atoms with van der Waals surface area (Å²) in [7, 11) is 0. The van der Waals surface area contributed by atoms with Gasteiger partial charge in [-0.1, -0.05) is 69.9 Å². The van der Waals surface area contributed by atoms with Gasteiger partial charge in [-0.15, -0.1) is 0 Å². The van der Waals surface area contributed by atoms with E-state index < -0.39 is 0 Å². The Bertz CT molecular complexity index is 983. The van der Waals surface area contributed by atoms with Crippen LogP contribution in [-0.2, 0) is 9.59 Å². The van der Waals surface area contributed by atoms with Gasteiger partial charge in [-0.25, -0.2) is 0 Å². The third-order valence-electron chi connectivity index (χ3n) is 9.30. The second-order valence-electron chi connectivity index (χ2n) is 12.9. The Morgan fingerprint density at radius 3 is 1.42 bits per heavy atom. The van der Waals surface area contributed by atoms with Crippen molar-refractivity contribution in [3.8, 4) is 0 Å². The van der Waals surface area contributed by atoms with E-state index >= 15 is 0 Å². The molecule has 0 saturated heterocycles. The van der Waals surface area contributed by atoms with E-state index in [1.807, 2.05) is 0 Å². The van der Waals surface area contributed by atoms with Crippen molar-refractivity contribution in [3.63, 3.8) is 0 Å². The summed E-state index contributed by atoms with van der Waals surface area (Å²) in [6.45, 7) is 17.4. The molecule has 208 valence electrons. The molecule has 0 heterocycles. The van der Waals surface area contributed by atoms with Crippen LogP contribution >= 0.6 is 0 Å². The lowest BCUT2D eigenvalue weighted by atomic mass is 9.53. The maximum absolute atomic E-state index is 14.4. The van der Waals surface area contributed by atoms with Crippen molar-refractivity contribution in [2.75, 3.05) is 0 Å². The van der Waals surface area contributed by atoms with Crippen molar-refractivity contribution < 1.29 is 9.59 Å². The van der Waals surface area contributed by atoms with Crippen LogP contribution in [0.1, 0.15) is 107 Å². The predicted octanol–water partition coefficient (Wildman–Crippen LogP) is 9.70. The zero-order valence-corrected chi connectivity index (χ0v) is 25.4. The number of fused-ring (bicyclic) bond motifs is 2. The molecule has 0 amide bonds. The molecule has 0 radical (unpaired) electrons. The highest BCUT2D eigenvalue weighted by atomic mass is 16.1. The lowest BCUT2D eigenvalue weighted by molar-refractivity contribution is -0.151. The third kappa shape index (κ3) is 7.45. The summed E-state index contributed by atoms with van der Waals surface area (Å²) in [6.07, 6.45) is 21.2. The Balaban J connectivity index is 1.82. The fourth-order valence-corrected chi connectivity index (χ4v) is 6.93. The van der Waals surface area contributed by atoms with E-state index in [0.717, 1.165) is 51.4 Å². The van der Waals surface area contributed by atoms with E-state index in [0.29, 0.717) is 11.6 Å². The van der Waals surface area contributed by atoms with Crippen molar-refractivity contribution >= 4 is 11.6 Å². The van der Waals surface area contributed by atoms with Gasteiger partial charge in [-0.05, 0) is 119 Å². The van der Waals surface area contributed by atoms with Crippen LogP contribution in [0.4, 0.5) is 0 Å². The Kier molecular flexibility index (Phi) is 10.9. The maximum atomic E-state index is 14.4. The summed E-state index contributed by atoms with van der Waals surface area (Å²) < 4.78 is 0. The van der Waals surface area contributed by atoms with Crippen molar-refractivity contribution in [1.82, 2.24) is 0 Å². The van der Waals surface area contributed by atoms with E-state index in [9.17, 15) is 9.59 Å². The number of Topliss-reactive ketones (excluding diaryl/α,β-unsaturated/α-hetero) is 2. The fraction of sp³-hybridized carbons (Fsp3) is 0.611. The molecule has 2 heteroatoms. The number of allylic oxidation sites excluding steroid dienone is 12. The normalized spacial score (nSPS) is 29.7. The van der Waals surface area contributed by atoms with Crippen LogP contribution < -0.4 is 0 Å². The number of carbonyl (C=O) groups excluding carboxylic acids is 2. The topological polar surface area (TPSA) is 34.1 Å². The van der Waals surface area contributed by atoms with Gasteiger partial charge in [-0.2, -0.15) is 0 Å². The minimum absolute atomic E-state index is 0.134. The molecule has 3 aliphatic rings.